The van der Waals surface area contributed by atoms with Gasteiger partial charge in [0.05, 0.1) is 32.8 Å². The highest BCUT2D eigenvalue weighted by atomic mass is 16.5. The molecular weight excluding hydrogens is 190 g/mol. The lowest BCUT2D eigenvalue weighted by Crippen LogP contribution is -2.50. The highest BCUT2D eigenvalue weighted by Gasteiger charge is 2.24. The summed E-state index contributed by atoms with van der Waals surface area (Å²) in [7, 11) is 2.24. The van der Waals surface area contributed by atoms with Crippen molar-refractivity contribution in [1.82, 2.24) is 0 Å². The standard InChI is InChI=1S/C12H24NO2/c1-6-12(14)15-10-9-11(4)13(5,7-2)8-3/h6,11H,1,7-10H2,2-5H3/q+1. The van der Waals surface area contributed by atoms with Crippen molar-refractivity contribution in [2.24, 2.45) is 0 Å². The fourth-order valence-electron chi connectivity index (χ4n) is 1.55. The lowest BCUT2D eigenvalue weighted by molar-refractivity contribution is -0.928. The molecule has 0 aromatic heterocycles. The summed E-state index contributed by atoms with van der Waals surface area (Å²) in [6.07, 6.45) is 2.11. The van der Waals surface area contributed by atoms with Crippen molar-refractivity contribution < 1.29 is 14.0 Å². The van der Waals surface area contributed by atoms with Crippen molar-refractivity contribution in [3.63, 3.8) is 0 Å². The van der Waals surface area contributed by atoms with Gasteiger partial charge in [-0.25, -0.2) is 4.79 Å². The summed E-state index contributed by atoms with van der Waals surface area (Å²) in [6, 6.07) is 0.512. The van der Waals surface area contributed by atoms with E-state index in [4.69, 9.17) is 4.74 Å². The summed E-state index contributed by atoms with van der Waals surface area (Å²) >= 11 is 0. The topological polar surface area (TPSA) is 26.3 Å². The van der Waals surface area contributed by atoms with Crippen LogP contribution in [0.15, 0.2) is 12.7 Å². The van der Waals surface area contributed by atoms with Crippen molar-refractivity contribution in [2.45, 2.75) is 33.2 Å². The molecule has 0 N–H and O–H groups in total. The Bertz CT molecular complexity index is 210. The maximum atomic E-state index is 10.8. The summed E-state index contributed by atoms with van der Waals surface area (Å²) in [5, 5.41) is 0. The molecule has 0 aromatic carbocycles. The lowest BCUT2D eigenvalue weighted by Gasteiger charge is -2.38. The van der Waals surface area contributed by atoms with Crippen molar-refractivity contribution >= 4 is 5.97 Å². The second-order valence-corrected chi connectivity index (χ2v) is 4.12. The second kappa shape index (κ2) is 6.62. The third-order valence-corrected chi connectivity index (χ3v) is 3.46. The number of hydrogen-bond donors (Lipinski definition) is 0. The van der Waals surface area contributed by atoms with E-state index in [9.17, 15) is 4.79 Å². The van der Waals surface area contributed by atoms with E-state index in [2.05, 4.69) is 34.4 Å². The van der Waals surface area contributed by atoms with Gasteiger partial charge in [-0.15, -0.1) is 0 Å². The zero-order valence-corrected chi connectivity index (χ0v) is 10.5. The Kier molecular flexibility index (Phi) is 6.25. The number of ether oxygens (including phenoxy) is 1. The normalized spacial score (nSPS) is 13.3. The van der Waals surface area contributed by atoms with Crippen LogP contribution in [-0.4, -0.2) is 43.2 Å². The van der Waals surface area contributed by atoms with Crippen LogP contribution in [0.1, 0.15) is 27.2 Å². The van der Waals surface area contributed by atoms with Crippen LogP contribution >= 0.6 is 0 Å². The van der Waals surface area contributed by atoms with E-state index < -0.39 is 0 Å². The Morgan fingerprint density at radius 2 is 2.00 bits per heavy atom. The molecule has 1 atom stereocenters. The average Bonchev–Trinajstić information content (AvgIpc) is 2.27. The van der Waals surface area contributed by atoms with Gasteiger partial charge in [0.2, 0.25) is 0 Å². The predicted octanol–water partition coefficient (Wildman–Crippen LogP) is 1.98. The Balaban J connectivity index is 3.96. The van der Waals surface area contributed by atoms with E-state index >= 15 is 0 Å². The molecule has 0 spiro atoms. The molecule has 15 heavy (non-hydrogen) atoms. The molecule has 0 aliphatic heterocycles. The van der Waals surface area contributed by atoms with E-state index in [1.165, 1.54) is 6.08 Å². The van der Waals surface area contributed by atoms with E-state index in [0.29, 0.717) is 12.6 Å². The van der Waals surface area contributed by atoms with Crippen molar-refractivity contribution in [1.29, 1.82) is 0 Å². The molecule has 0 saturated heterocycles. The fourth-order valence-corrected chi connectivity index (χ4v) is 1.55. The largest absolute Gasteiger partial charge is 0.462 e. The molecule has 0 aliphatic carbocycles. The number of carbonyl (C=O) groups excluding carboxylic acids is 1. The first-order chi connectivity index (χ1) is 7.00. The van der Waals surface area contributed by atoms with Crippen LogP contribution in [0.3, 0.4) is 0 Å². The first-order valence-electron chi connectivity index (χ1n) is 5.63. The van der Waals surface area contributed by atoms with E-state index in [0.717, 1.165) is 24.0 Å². The number of quaternary nitrogens is 1. The van der Waals surface area contributed by atoms with Gasteiger partial charge >= 0.3 is 5.97 Å². The van der Waals surface area contributed by atoms with Gasteiger partial charge in [-0.3, -0.25) is 0 Å². The van der Waals surface area contributed by atoms with Crippen LogP contribution in [0.2, 0.25) is 0 Å². The molecule has 0 heterocycles. The summed E-state index contributed by atoms with van der Waals surface area (Å²) in [4.78, 5) is 10.8. The Morgan fingerprint density at radius 3 is 2.40 bits per heavy atom. The number of rotatable bonds is 7. The first kappa shape index (κ1) is 14.2. The second-order valence-electron chi connectivity index (χ2n) is 4.12. The molecule has 3 nitrogen and oxygen atoms in total. The van der Waals surface area contributed by atoms with Crippen LogP contribution in [0.25, 0.3) is 0 Å². The molecule has 0 aromatic rings. The Labute approximate surface area is 93.3 Å². The Hall–Kier alpha value is -0.830. The Morgan fingerprint density at radius 1 is 1.47 bits per heavy atom. The van der Waals surface area contributed by atoms with Gasteiger partial charge in [0.1, 0.15) is 0 Å². The van der Waals surface area contributed by atoms with Gasteiger partial charge < -0.3 is 9.22 Å². The number of esters is 1. The molecule has 0 aliphatic rings. The SMILES string of the molecule is C=CC(=O)OCCC(C)[N+](C)(CC)CC. The van der Waals surface area contributed by atoms with Crippen LogP contribution in [0.4, 0.5) is 0 Å². The van der Waals surface area contributed by atoms with Gasteiger partial charge in [0, 0.05) is 12.5 Å². The van der Waals surface area contributed by atoms with Crippen molar-refractivity contribution in [3.05, 3.63) is 12.7 Å². The fraction of sp³-hybridized carbons (Fsp3) is 0.750. The molecule has 0 rings (SSSR count). The minimum atomic E-state index is -0.329. The molecule has 0 radical (unpaired) electrons. The number of nitrogens with zero attached hydrogens (tertiary/aromatic N) is 1. The summed E-state index contributed by atoms with van der Waals surface area (Å²) in [6.45, 7) is 12.6. The van der Waals surface area contributed by atoms with Crippen molar-refractivity contribution in [2.75, 3.05) is 26.7 Å². The monoisotopic (exact) mass is 214 g/mol. The summed E-state index contributed by atoms with van der Waals surface area (Å²) < 4.78 is 6.00. The molecule has 0 amide bonds. The number of carbonyl (C=O) groups is 1. The van der Waals surface area contributed by atoms with Crippen LogP contribution in [0.5, 0.6) is 0 Å². The van der Waals surface area contributed by atoms with Crippen molar-refractivity contribution in [3.8, 4) is 0 Å². The smallest absolute Gasteiger partial charge is 0.330 e. The highest BCUT2D eigenvalue weighted by Crippen LogP contribution is 2.12. The summed E-state index contributed by atoms with van der Waals surface area (Å²) in [5.41, 5.74) is 0. The molecular formula is C12H24NO2+. The van der Waals surface area contributed by atoms with Gasteiger partial charge in [0.25, 0.3) is 0 Å². The molecule has 0 saturated carbocycles. The zero-order chi connectivity index (χ0) is 11.9. The number of hydrogen-bond acceptors (Lipinski definition) is 2. The molecule has 3 heteroatoms. The molecule has 0 bridgehead atoms. The van der Waals surface area contributed by atoms with Gasteiger partial charge in [-0.05, 0) is 20.8 Å². The quantitative estimate of drug-likeness (QED) is 0.368. The van der Waals surface area contributed by atoms with E-state index in [-0.39, 0.29) is 5.97 Å². The van der Waals surface area contributed by atoms with E-state index in [1.54, 1.807) is 0 Å². The third kappa shape index (κ3) is 4.47. The molecule has 1 unspecified atom stereocenters. The molecule has 0 fully saturated rings. The van der Waals surface area contributed by atoms with Gasteiger partial charge in [-0.1, -0.05) is 6.58 Å². The lowest BCUT2D eigenvalue weighted by atomic mass is 10.1. The predicted molar refractivity (Wildman–Crippen MR) is 62.5 cm³/mol. The van der Waals surface area contributed by atoms with E-state index in [1.807, 2.05) is 0 Å². The minimum absolute atomic E-state index is 0.329. The minimum Gasteiger partial charge on any atom is -0.462 e. The van der Waals surface area contributed by atoms with Gasteiger partial charge in [-0.2, -0.15) is 0 Å². The van der Waals surface area contributed by atoms with Crippen LogP contribution < -0.4 is 0 Å². The molecule has 88 valence electrons. The maximum Gasteiger partial charge on any atom is 0.330 e. The zero-order valence-electron chi connectivity index (χ0n) is 10.5. The summed E-state index contributed by atoms with van der Waals surface area (Å²) in [5.74, 6) is -0.329. The van der Waals surface area contributed by atoms with Crippen LogP contribution in [-0.2, 0) is 9.53 Å². The first-order valence-corrected chi connectivity index (χ1v) is 5.63. The van der Waals surface area contributed by atoms with Gasteiger partial charge in [0.15, 0.2) is 0 Å². The third-order valence-electron chi connectivity index (χ3n) is 3.46. The average molecular weight is 214 g/mol. The maximum absolute atomic E-state index is 10.8. The highest BCUT2D eigenvalue weighted by molar-refractivity contribution is 5.81. The van der Waals surface area contributed by atoms with Crippen LogP contribution in [0, 0.1) is 0 Å².